The summed E-state index contributed by atoms with van der Waals surface area (Å²) in [6.45, 7) is 2.24. The van der Waals surface area contributed by atoms with Crippen molar-refractivity contribution in [3.8, 4) is 0 Å². The second-order valence-corrected chi connectivity index (χ2v) is 6.62. The molecule has 1 unspecified atom stereocenters. The van der Waals surface area contributed by atoms with E-state index in [2.05, 4.69) is 0 Å². The van der Waals surface area contributed by atoms with Crippen molar-refractivity contribution in [3.05, 3.63) is 65.4 Å². The van der Waals surface area contributed by atoms with Crippen LogP contribution in [-0.4, -0.2) is 19.9 Å². The van der Waals surface area contributed by atoms with Crippen LogP contribution < -0.4 is 5.73 Å². The fourth-order valence-corrected chi connectivity index (χ4v) is 4.02. The third-order valence-electron chi connectivity index (χ3n) is 3.43. The van der Waals surface area contributed by atoms with Crippen LogP contribution >= 0.6 is 0 Å². The zero-order chi connectivity index (χ0) is 15.7. The highest BCUT2D eigenvalue weighted by molar-refractivity contribution is 7.95. The fraction of sp³-hybridized carbons (Fsp3) is 0.200. The van der Waals surface area contributed by atoms with Gasteiger partial charge in [-0.05, 0) is 31.2 Å². The number of hydrogen-bond donors (Lipinski definition) is 1. The summed E-state index contributed by atoms with van der Waals surface area (Å²) in [6.07, 6.45) is 0.834. The second-order valence-electron chi connectivity index (χ2n) is 4.76. The van der Waals surface area contributed by atoms with Gasteiger partial charge in [0.05, 0.1) is 11.2 Å². The lowest BCUT2D eigenvalue weighted by Crippen LogP contribution is -2.28. The van der Waals surface area contributed by atoms with Crippen molar-refractivity contribution >= 4 is 9.84 Å². The third-order valence-corrected chi connectivity index (χ3v) is 5.27. The van der Waals surface area contributed by atoms with Gasteiger partial charge < -0.3 is 19.8 Å². The summed E-state index contributed by atoms with van der Waals surface area (Å²) >= 11 is 0. The molecule has 0 saturated heterocycles. The summed E-state index contributed by atoms with van der Waals surface area (Å²) < 4.78 is 36.5. The van der Waals surface area contributed by atoms with E-state index < -0.39 is 16.1 Å². The smallest absolute Gasteiger partial charge is 0.233 e. The summed E-state index contributed by atoms with van der Waals surface area (Å²) in [5, 5.41) is -0.0254. The van der Waals surface area contributed by atoms with Crippen molar-refractivity contribution < 1.29 is 17.6 Å². The molecule has 7 heteroatoms. The second kappa shape index (κ2) is 5.42. The number of sulfone groups is 1. The first-order valence-electron chi connectivity index (χ1n) is 6.82. The average molecular weight is 320 g/mol. The summed E-state index contributed by atoms with van der Waals surface area (Å²) in [7, 11) is -3.76. The van der Waals surface area contributed by atoms with E-state index in [1.807, 2.05) is 6.92 Å². The summed E-state index contributed by atoms with van der Waals surface area (Å²) in [4.78, 5) is 1.76. The number of rotatable bonds is 4. The van der Waals surface area contributed by atoms with Crippen molar-refractivity contribution in [1.82, 2.24) is 4.90 Å². The minimum Gasteiger partial charge on any atom is -0.463 e. The van der Waals surface area contributed by atoms with Crippen molar-refractivity contribution in [1.29, 1.82) is 0 Å². The Balaban J connectivity index is 2.04. The number of nitrogens with two attached hydrogens (primary N) is 1. The standard InChI is InChI=1S/C15H16N2O4S/c1-2-17-14(12-9-6-10-20-12)21-13(16)15(17)22(18,19)11-7-4-3-5-8-11/h3-10,14H,2,16H2,1H3. The van der Waals surface area contributed by atoms with Gasteiger partial charge in [0.25, 0.3) is 0 Å². The van der Waals surface area contributed by atoms with Crippen molar-refractivity contribution in [3.63, 3.8) is 0 Å². The van der Waals surface area contributed by atoms with Crippen LogP contribution in [-0.2, 0) is 14.6 Å². The van der Waals surface area contributed by atoms with E-state index >= 15 is 0 Å². The molecule has 22 heavy (non-hydrogen) atoms. The molecule has 0 saturated carbocycles. The lowest BCUT2D eigenvalue weighted by molar-refractivity contribution is 0.0253. The Kier molecular flexibility index (Phi) is 3.58. The van der Waals surface area contributed by atoms with Gasteiger partial charge in [0.1, 0.15) is 0 Å². The van der Waals surface area contributed by atoms with Crippen LogP contribution in [0.15, 0.2) is 69.0 Å². The van der Waals surface area contributed by atoms with Crippen LogP contribution in [0, 0.1) is 0 Å². The van der Waals surface area contributed by atoms with Crippen LogP contribution in [0.25, 0.3) is 0 Å². The molecule has 2 N–H and O–H groups in total. The lowest BCUT2D eigenvalue weighted by Gasteiger charge is -2.23. The van der Waals surface area contributed by atoms with Gasteiger partial charge in [0, 0.05) is 6.54 Å². The maximum atomic E-state index is 12.8. The highest BCUT2D eigenvalue weighted by atomic mass is 32.2. The normalized spacial score (nSPS) is 18.6. The summed E-state index contributed by atoms with van der Waals surface area (Å²) in [6, 6.07) is 11.6. The first kappa shape index (κ1) is 14.5. The Morgan fingerprint density at radius 1 is 1.18 bits per heavy atom. The van der Waals surface area contributed by atoms with Crippen LogP contribution in [0.4, 0.5) is 0 Å². The highest BCUT2D eigenvalue weighted by Gasteiger charge is 2.41. The molecule has 0 amide bonds. The highest BCUT2D eigenvalue weighted by Crippen LogP contribution is 2.39. The monoisotopic (exact) mass is 320 g/mol. The Morgan fingerprint density at radius 2 is 1.91 bits per heavy atom. The van der Waals surface area contributed by atoms with Crippen molar-refractivity contribution in [2.45, 2.75) is 18.0 Å². The molecule has 1 aromatic heterocycles. The van der Waals surface area contributed by atoms with Crippen molar-refractivity contribution in [2.24, 2.45) is 5.73 Å². The van der Waals surface area contributed by atoms with E-state index in [-0.39, 0.29) is 15.8 Å². The molecule has 0 radical (unpaired) electrons. The fourth-order valence-electron chi connectivity index (χ4n) is 2.43. The lowest BCUT2D eigenvalue weighted by atomic mass is 10.4. The number of ether oxygens (including phenoxy) is 1. The summed E-state index contributed by atoms with van der Waals surface area (Å²) in [5.41, 5.74) is 5.86. The SMILES string of the molecule is CCN1C(S(=O)(=O)c2ccccc2)=C(N)OC1c1ccco1. The van der Waals surface area contributed by atoms with Gasteiger partial charge in [-0.2, -0.15) is 0 Å². The van der Waals surface area contributed by atoms with E-state index in [9.17, 15) is 8.42 Å². The van der Waals surface area contributed by atoms with E-state index in [1.54, 1.807) is 35.2 Å². The molecule has 1 aromatic carbocycles. The molecular formula is C15H16N2O4S. The molecular weight excluding hydrogens is 304 g/mol. The average Bonchev–Trinajstić information content (AvgIpc) is 3.15. The number of furan rings is 1. The van der Waals surface area contributed by atoms with Gasteiger partial charge in [0.15, 0.2) is 10.8 Å². The number of nitrogens with zero attached hydrogens (tertiary/aromatic N) is 1. The Morgan fingerprint density at radius 3 is 2.50 bits per heavy atom. The molecule has 1 aliphatic rings. The molecule has 116 valence electrons. The van der Waals surface area contributed by atoms with Gasteiger partial charge in [-0.15, -0.1) is 0 Å². The molecule has 1 aliphatic heterocycles. The maximum absolute atomic E-state index is 12.8. The topological polar surface area (TPSA) is 85.8 Å². The Labute approximate surface area is 128 Å². The minimum absolute atomic E-state index is 0.0254. The molecule has 0 fully saturated rings. The molecule has 2 heterocycles. The van der Waals surface area contributed by atoms with Gasteiger partial charge in [-0.25, -0.2) is 8.42 Å². The van der Waals surface area contributed by atoms with Gasteiger partial charge in [-0.3, -0.25) is 0 Å². The van der Waals surface area contributed by atoms with E-state index in [0.29, 0.717) is 12.3 Å². The van der Waals surface area contributed by atoms with E-state index in [4.69, 9.17) is 14.9 Å². The van der Waals surface area contributed by atoms with E-state index in [0.717, 1.165) is 0 Å². The van der Waals surface area contributed by atoms with Crippen LogP contribution in [0.5, 0.6) is 0 Å². The van der Waals surface area contributed by atoms with Gasteiger partial charge in [0.2, 0.25) is 21.9 Å². The molecule has 3 rings (SSSR count). The Bertz CT molecular complexity index is 782. The predicted octanol–water partition coefficient (Wildman–Crippen LogP) is 2.19. The van der Waals surface area contributed by atoms with Crippen LogP contribution in [0.2, 0.25) is 0 Å². The first-order valence-corrected chi connectivity index (χ1v) is 8.30. The van der Waals surface area contributed by atoms with E-state index in [1.165, 1.54) is 18.4 Å². The van der Waals surface area contributed by atoms with Crippen LogP contribution in [0.3, 0.4) is 0 Å². The minimum atomic E-state index is -3.76. The molecule has 0 bridgehead atoms. The molecule has 2 aromatic rings. The van der Waals surface area contributed by atoms with Crippen molar-refractivity contribution in [2.75, 3.05) is 6.54 Å². The largest absolute Gasteiger partial charge is 0.463 e. The first-order chi connectivity index (χ1) is 10.6. The molecule has 0 aliphatic carbocycles. The van der Waals surface area contributed by atoms with Gasteiger partial charge in [-0.1, -0.05) is 18.2 Å². The number of benzene rings is 1. The van der Waals surface area contributed by atoms with Gasteiger partial charge >= 0.3 is 0 Å². The zero-order valence-electron chi connectivity index (χ0n) is 12.0. The quantitative estimate of drug-likeness (QED) is 0.929. The maximum Gasteiger partial charge on any atom is 0.233 e. The predicted molar refractivity (Wildman–Crippen MR) is 79.8 cm³/mol. The number of hydrogen-bond acceptors (Lipinski definition) is 6. The zero-order valence-corrected chi connectivity index (χ0v) is 12.8. The van der Waals surface area contributed by atoms with Crippen LogP contribution in [0.1, 0.15) is 18.9 Å². The third kappa shape index (κ3) is 2.23. The Hall–Kier alpha value is -2.41. The molecule has 6 nitrogen and oxygen atoms in total. The summed E-state index contributed by atoms with van der Waals surface area (Å²) in [5.74, 6) is 0.384. The molecule has 0 spiro atoms. The molecule has 1 atom stereocenters.